The first-order chi connectivity index (χ1) is 5.77. The van der Waals surface area contributed by atoms with Crippen LogP contribution in [0.2, 0.25) is 0 Å². The molecule has 0 aromatic rings. The fourth-order valence-electron chi connectivity index (χ4n) is 1.35. The van der Waals surface area contributed by atoms with Crippen molar-refractivity contribution < 1.29 is 0 Å². The van der Waals surface area contributed by atoms with Crippen LogP contribution in [0.25, 0.3) is 4.85 Å². The summed E-state index contributed by atoms with van der Waals surface area (Å²) in [5, 5.41) is 8.61. The minimum absolute atomic E-state index is 0.258. The summed E-state index contributed by atoms with van der Waals surface area (Å²) >= 11 is 0. The Balaban J connectivity index is 3.04. The van der Waals surface area contributed by atoms with Crippen molar-refractivity contribution in [2.45, 2.75) is 26.2 Å². The van der Waals surface area contributed by atoms with Gasteiger partial charge >= 0.3 is 0 Å². The predicted molar refractivity (Wildman–Crippen MR) is 46.8 cm³/mol. The molecule has 0 aliphatic heterocycles. The lowest BCUT2D eigenvalue weighted by molar-refractivity contribution is 0.781. The van der Waals surface area contributed by atoms with E-state index in [0.29, 0.717) is 0 Å². The van der Waals surface area contributed by atoms with Crippen LogP contribution < -0.4 is 0 Å². The Labute approximate surface area is 72.6 Å². The Morgan fingerprint density at radius 2 is 2.42 bits per heavy atom. The molecule has 1 aliphatic rings. The van der Waals surface area contributed by atoms with Crippen LogP contribution in [0.4, 0.5) is 0 Å². The second-order valence-corrected chi connectivity index (χ2v) is 2.94. The van der Waals surface area contributed by atoms with E-state index in [0.717, 1.165) is 24.8 Å². The van der Waals surface area contributed by atoms with Crippen LogP contribution in [0, 0.1) is 17.9 Å². The van der Waals surface area contributed by atoms with Gasteiger partial charge < -0.3 is 0 Å². The van der Waals surface area contributed by atoms with Crippen LogP contribution in [0.5, 0.6) is 0 Å². The highest BCUT2D eigenvalue weighted by atomic mass is 14.7. The number of nitrogens with zero attached hydrogens (tertiary/aromatic N) is 2. The average molecular weight is 158 g/mol. The maximum Gasteiger partial charge on any atom is 0.265 e. The zero-order valence-electron chi connectivity index (χ0n) is 7.09. The van der Waals surface area contributed by atoms with E-state index < -0.39 is 0 Å². The predicted octanol–water partition coefficient (Wildman–Crippen LogP) is 2.81. The summed E-state index contributed by atoms with van der Waals surface area (Å²) in [5.74, 6) is 0. The number of nitriles is 1. The molecule has 0 radical (unpaired) electrons. The lowest BCUT2D eigenvalue weighted by atomic mass is 9.95. The van der Waals surface area contributed by atoms with E-state index in [-0.39, 0.29) is 5.70 Å². The van der Waals surface area contributed by atoms with Crippen LogP contribution in [0.1, 0.15) is 26.2 Å². The maximum absolute atomic E-state index is 8.61. The first kappa shape index (κ1) is 8.56. The van der Waals surface area contributed by atoms with Gasteiger partial charge in [0.2, 0.25) is 0 Å². The number of rotatable bonds is 0. The summed E-state index contributed by atoms with van der Waals surface area (Å²) < 4.78 is 0. The molecule has 1 aliphatic carbocycles. The first-order valence-corrected chi connectivity index (χ1v) is 3.96. The van der Waals surface area contributed by atoms with Crippen LogP contribution in [0.15, 0.2) is 22.9 Å². The lowest BCUT2D eigenvalue weighted by Gasteiger charge is -2.11. The highest BCUT2D eigenvalue weighted by Crippen LogP contribution is 2.24. The summed E-state index contributed by atoms with van der Waals surface area (Å²) in [4.78, 5) is 3.19. The van der Waals surface area contributed by atoms with Gasteiger partial charge in [-0.2, -0.15) is 0 Å². The Kier molecular flexibility index (Phi) is 2.66. The molecule has 0 amide bonds. The van der Waals surface area contributed by atoms with Crippen molar-refractivity contribution in [2.24, 2.45) is 0 Å². The second-order valence-electron chi connectivity index (χ2n) is 2.94. The summed E-state index contributed by atoms with van der Waals surface area (Å²) in [5.41, 5.74) is 2.44. The van der Waals surface area contributed by atoms with E-state index in [9.17, 15) is 0 Å². The molecule has 0 aromatic carbocycles. The van der Waals surface area contributed by atoms with Gasteiger partial charge in [0.1, 0.15) is 0 Å². The van der Waals surface area contributed by atoms with Gasteiger partial charge in [-0.3, -0.25) is 0 Å². The van der Waals surface area contributed by atoms with Crippen molar-refractivity contribution in [2.75, 3.05) is 0 Å². The third kappa shape index (κ3) is 1.74. The molecule has 0 unspecified atom stereocenters. The molecule has 0 spiro atoms. The van der Waals surface area contributed by atoms with Crippen LogP contribution in [-0.2, 0) is 0 Å². The first-order valence-electron chi connectivity index (χ1n) is 3.96. The number of hydrogen-bond acceptors (Lipinski definition) is 1. The second kappa shape index (κ2) is 3.74. The molecule has 0 saturated heterocycles. The van der Waals surface area contributed by atoms with Crippen molar-refractivity contribution in [3.8, 4) is 6.07 Å². The number of allylic oxidation sites excluding steroid dienone is 4. The van der Waals surface area contributed by atoms with Crippen LogP contribution in [-0.4, -0.2) is 0 Å². The molecule has 0 atom stereocenters. The third-order valence-corrected chi connectivity index (χ3v) is 1.96. The molecule has 1 rings (SSSR count). The normalized spacial score (nSPS) is 20.4. The van der Waals surface area contributed by atoms with Gasteiger partial charge in [-0.05, 0) is 31.8 Å². The molecule has 0 bridgehead atoms. The fourth-order valence-corrected chi connectivity index (χ4v) is 1.35. The summed E-state index contributed by atoms with van der Waals surface area (Å²) in [6.07, 6.45) is 5.02. The minimum Gasteiger partial charge on any atom is -0.226 e. The average Bonchev–Trinajstić information content (AvgIpc) is 2.07. The summed E-state index contributed by atoms with van der Waals surface area (Å²) in [7, 11) is 0. The van der Waals surface area contributed by atoms with E-state index in [1.807, 2.05) is 19.1 Å². The number of hydrogen-bond donors (Lipinski definition) is 0. The zero-order chi connectivity index (χ0) is 8.97. The van der Waals surface area contributed by atoms with Gasteiger partial charge in [-0.25, -0.2) is 10.1 Å². The molecule has 2 heteroatoms. The molecule has 0 heterocycles. The van der Waals surface area contributed by atoms with Crippen LogP contribution in [0.3, 0.4) is 0 Å². The molecule has 2 nitrogen and oxygen atoms in total. The van der Waals surface area contributed by atoms with Crippen LogP contribution >= 0.6 is 0 Å². The van der Waals surface area contributed by atoms with Gasteiger partial charge in [0.25, 0.3) is 5.70 Å². The maximum atomic E-state index is 8.61. The molecule has 0 aromatic heterocycles. The van der Waals surface area contributed by atoms with Crippen molar-refractivity contribution in [3.05, 3.63) is 34.3 Å². The standard InChI is InChI=1S/C10H10N2/c1-8-4-3-5-9(6-8)10(7-11)12-2/h6H,3-5H2,1H3/b10-9-. The SMILES string of the molecule is [C-]#[N+]/C(C#N)=C1\C=C(C)CCC1. The fraction of sp³-hybridized carbons (Fsp3) is 0.400. The van der Waals surface area contributed by atoms with Crippen molar-refractivity contribution in [1.82, 2.24) is 0 Å². The molecule has 0 saturated carbocycles. The third-order valence-electron chi connectivity index (χ3n) is 1.96. The molecule has 0 N–H and O–H groups in total. The largest absolute Gasteiger partial charge is 0.265 e. The van der Waals surface area contributed by atoms with E-state index >= 15 is 0 Å². The van der Waals surface area contributed by atoms with E-state index in [2.05, 4.69) is 4.85 Å². The highest BCUT2D eigenvalue weighted by Gasteiger charge is 2.08. The monoisotopic (exact) mass is 158 g/mol. The summed E-state index contributed by atoms with van der Waals surface area (Å²) in [6.45, 7) is 8.82. The summed E-state index contributed by atoms with van der Waals surface area (Å²) in [6, 6.07) is 1.92. The lowest BCUT2D eigenvalue weighted by Crippen LogP contribution is -1.93. The smallest absolute Gasteiger partial charge is 0.226 e. The Morgan fingerprint density at radius 1 is 1.67 bits per heavy atom. The van der Waals surface area contributed by atoms with Gasteiger partial charge in [0.05, 0.1) is 12.6 Å². The molecular formula is C10H10N2. The van der Waals surface area contributed by atoms with Crippen molar-refractivity contribution in [3.63, 3.8) is 0 Å². The molecular weight excluding hydrogens is 148 g/mol. The Bertz CT molecular complexity index is 305. The molecule has 0 fully saturated rings. The van der Waals surface area contributed by atoms with Crippen molar-refractivity contribution >= 4 is 0 Å². The van der Waals surface area contributed by atoms with Gasteiger partial charge in [-0.15, -0.1) is 0 Å². The van der Waals surface area contributed by atoms with Gasteiger partial charge in [0.15, 0.2) is 0 Å². The molecule has 12 heavy (non-hydrogen) atoms. The van der Waals surface area contributed by atoms with Gasteiger partial charge in [-0.1, -0.05) is 11.6 Å². The minimum atomic E-state index is 0.258. The van der Waals surface area contributed by atoms with E-state index in [1.54, 1.807) is 0 Å². The quantitative estimate of drug-likeness (QED) is 0.393. The van der Waals surface area contributed by atoms with E-state index in [1.165, 1.54) is 5.57 Å². The van der Waals surface area contributed by atoms with E-state index in [4.69, 9.17) is 11.8 Å². The van der Waals surface area contributed by atoms with Crippen molar-refractivity contribution in [1.29, 1.82) is 5.26 Å². The topological polar surface area (TPSA) is 28.1 Å². The Hall–Kier alpha value is -1.54. The Morgan fingerprint density at radius 3 is 2.92 bits per heavy atom. The molecule has 60 valence electrons. The zero-order valence-corrected chi connectivity index (χ0v) is 7.09. The highest BCUT2D eigenvalue weighted by molar-refractivity contribution is 5.41. The van der Waals surface area contributed by atoms with Gasteiger partial charge in [0, 0.05) is 0 Å².